The van der Waals surface area contributed by atoms with E-state index in [1.165, 1.54) is 0 Å². The zero-order chi connectivity index (χ0) is 12.3. The number of ether oxygens (including phenoxy) is 1. The highest BCUT2D eigenvalue weighted by molar-refractivity contribution is 5.68. The average molecular weight is 230 g/mol. The summed E-state index contributed by atoms with van der Waals surface area (Å²) in [6.07, 6.45) is -0.271. The summed E-state index contributed by atoms with van der Waals surface area (Å²) in [7, 11) is 1.97. The number of piperidine rings is 1. The Balaban J connectivity index is 2.43. The molecule has 5 nitrogen and oxygen atoms in total. The van der Waals surface area contributed by atoms with E-state index in [1.807, 2.05) is 27.8 Å². The van der Waals surface area contributed by atoms with Gasteiger partial charge in [0.25, 0.3) is 0 Å². The van der Waals surface area contributed by atoms with E-state index in [-0.39, 0.29) is 6.04 Å². The molecular weight excluding hydrogens is 208 g/mol. The molecule has 1 aliphatic rings. The van der Waals surface area contributed by atoms with Crippen molar-refractivity contribution in [2.24, 2.45) is 0 Å². The minimum atomic E-state index is -0.504. The minimum Gasteiger partial charge on any atom is -0.444 e. The molecule has 1 saturated heterocycles. The molecule has 0 unspecified atom stereocenters. The number of hydrogen-bond donors (Lipinski definition) is 2. The Labute approximate surface area is 96.8 Å². The molecule has 2 N–H and O–H groups in total. The number of aliphatic hydroxyl groups excluding tert-OH is 1. The van der Waals surface area contributed by atoms with Crippen LogP contribution >= 0.6 is 0 Å². The predicted octanol–water partition coefficient (Wildman–Crippen LogP) is 0.576. The van der Waals surface area contributed by atoms with Crippen molar-refractivity contribution < 1.29 is 14.6 Å². The van der Waals surface area contributed by atoms with Crippen LogP contribution in [0.2, 0.25) is 0 Å². The summed E-state index contributed by atoms with van der Waals surface area (Å²) in [6.45, 7) is 6.95. The van der Waals surface area contributed by atoms with Gasteiger partial charge in [-0.05, 0) is 34.2 Å². The zero-order valence-corrected chi connectivity index (χ0v) is 10.5. The molecular formula is C11H22N2O3. The lowest BCUT2D eigenvalue weighted by Crippen LogP contribution is -2.54. The second-order valence-corrected chi connectivity index (χ2v) is 5.37. The smallest absolute Gasteiger partial charge is 0.408 e. The first-order valence-electron chi connectivity index (χ1n) is 5.64. The first-order chi connectivity index (χ1) is 7.28. The monoisotopic (exact) mass is 230 g/mol. The van der Waals surface area contributed by atoms with E-state index in [1.54, 1.807) is 0 Å². The van der Waals surface area contributed by atoms with E-state index >= 15 is 0 Å². The van der Waals surface area contributed by atoms with Crippen molar-refractivity contribution in [2.45, 2.75) is 44.9 Å². The summed E-state index contributed by atoms with van der Waals surface area (Å²) in [5, 5.41) is 12.4. The molecule has 0 bridgehead atoms. The molecule has 0 aliphatic carbocycles. The topological polar surface area (TPSA) is 61.8 Å². The first-order valence-corrected chi connectivity index (χ1v) is 5.64. The third-order valence-electron chi connectivity index (χ3n) is 2.48. The Bertz CT molecular complexity index is 250. The van der Waals surface area contributed by atoms with Gasteiger partial charge in [0.1, 0.15) is 5.60 Å². The lowest BCUT2D eigenvalue weighted by molar-refractivity contribution is 0.0266. The standard InChI is InChI=1S/C11H22N2O3/c1-11(2,3)16-10(15)12-8-7-13(4)6-5-9(8)14/h8-9,14H,5-7H2,1-4H3,(H,12,15)/t8-,9+/m1/s1. The average Bonchev–Trinajstić information content (AvgIpc) is 2.08. The number of rotatable bonds is 1. The second-order valence-electron chi connectivity index (χ2n) is 5.37. The van der Waals surface area contributed by atoms with Crippen LogP contribution in [0, 0.1) is 0 Å². The Hall–Kier alpha value is -0.810. The van der Waals surface area contributed by atoms with Gasteiger partial charge in [0.05, 0.1) is 12.1 Å². The lowest BCUT2D eigenvalue weighted by Gasteiger charge is -2.34. The summed E-state index contributed by atoms with van der Waals surface area (Å²) < 4.78 is 5.14. The number of likely N-dealkylation sites (tertiary alicyclic amines) is 1. The number of nitrogens with one attached hydrogen (secondary N) is 1. The molecule has 0 aromatic rings. The van der Waals surface area contributed by atoms with Gasteiger partial charge in [0.2, 0.25) is 0 Å². The maximum atomic E-state index is 11.5. The quantitative estimate of drug-likeness (QED) is 0.691. The number of nitrogens with zero attached hydrogens (tertiary/aromatic N) is 1. The van der Waals surface area contributed by atoms with Crippen LogP contribution in [0.3, 0.4) is 0 Å². The Morgan fingerprint density at radius 3 is 2.69 bits per heavy atom. The van der Waals surface area contributed by atoms with Gasteiger partial charge in [-0.2, -0.15) is 0 Å². The van der Waals surface area contributed by atoms with Gasteiger partial charge < -0.3 is 20.1 Å². The van der Waals surface area contributed by atoms with Gasteiger partial charge in [0.15, 0.2) is 0 Å². The van der Waals surface area contributed by atoms with Crippen molar-refractivity contribution in [1.29, 1.82) is 0 Å². The molecule has 0 spiro atoms. The van der Waals surface area contributed by atoms with Crippen molar-refractivity contribution in [2.75, 3.05) is 20.1 Å². The molecule has 1 aliphatic heterocycles. The van der Waals surface area contributed by atoms with Crippen LogP contribution in [0.25, 0.3) is 0 Å². The lowest BCUT2D eigenvalue weighted by atomic mass is 10.0. The first kappa shape index (κ1) is 13.3. The molecule has 16 heavy (non-hydrogen) atoms. The Kier molecular flexibility index (Phi) is 4.15. The fourth-order valence-electron chi connectivity index (χ4n) is 1.70. The molecule has 1 heterocycles. The number of hydrogen-bond acceptors (Lipinski definition) is 4. The number of likely N-dealkylation sites (N-methyl/N-ethyl adjacent to an activating group) is 1. The number of alkyl carbamates (subject to hydrolysis) is 1. The van der Waals surface area contributed by atoms with Crippen LogP contribution in [0.15, 0.2) is 0 Å². The summed E-state index contributed by atoms with van der Waals surface area (Å²) in [6, 6.07) is -0.242. The number of carbonyl (C=O) groups is 1. The SMILES string of the molecule is CN1CC[C@H](O)[C@H](NC(=O)OC(C)(C)C)C1. The number of carbonyl (C=O) groups excluding carboxylic acids is 1. The van der Waals surface area contributed by atoms with Crippen LogP contribution in [0.1, 0.15) is 27.2 Å². The fourth-order valence-corrected chi connectivity index (χ4v) is 1.70. The molecule has 0 aromatic heterocycles. The zero-order valence-electron chi connectivity index (χ0n) is 10.5. The van der Waals surface area contributed by atoms with E-state index in [9.17, 15) is 9.90 Å². The third-order valence-corrected chi connectivity index (χ3v) is 2.48. The number of amides is 1. The molecule has 0 saturated carbocycles. The van der Waals surface area contributed by atoms with Crippen molar-refractivity contribution in [1.82, 2.24) is 10.2 Å². The van der Waals surface area contributed by atoms with E-state index in [4.69, 9.17) is 4.74 Å². The summed E-state index contributed by atoms with van der Waals surface area (Å²) >= 11 is 0. The maximum absolute atomic E-state index is 11.5. The summed E-state index contributed by atoms with van der Waals surface area (Å²) in [5.74, 6) is 0. The normalized spacial score (nSPS) is 27.6. The van der Waals surface area contributed by atoms with Crippen LogP contribution in [0.5, 0.6) is 0 Å². The molecule has 0 aromatic carbocycles. The van der Waals surface area contributed by atoms with E-state index < -0.39 is 17.8 Å². The fraction of sp³-hybridized carbons (Fsp3) is 0.909. The molecule has 2 atom stereocenters. The van der Waals surface area contributed by atoms with E-state index in [0.29, 0.717) is 13.0 Å². The van der Waals surface area contributed by atoms with Crippen LogP contribution in [-0.4, -0.2) is 54.0 Å². The Morgan fingerprint density at radius 2 is 2.12 bits per heavy atom. The van der Waals surface area contributed by atoms with Crippen molar-refractivity contribution in [3.63, 3.8) is 0 Å². The maximum Gasteiger partial charge on any atom is 0.408 e. The van der Waals surface area contributed by atoms with Gasteiger partial charge in [-0.3, -0.25) is 0 Å². The van der Waals surface area contributed by atoms with Crippen LogP contribution < -0.4 is 5.32 Å². The van der Waals surface area contributed by atoms with Gasteiger partial charge in [-0.1, -0.05) is 0 Å². The highest BCUT2D eigenvalue weighted by atomic mass is 16.6. The molecule has 1 rings (SSSR count). The van der Waals surface area contributed by atoms with Gasteiger partial charge in [0, 0.05) is 13.1 Å². The Morgan fingerprint density at radius 1 is 1.50 bits per heavy atom. The summed E-state index contributed by atoms with van der Waals surface area (Å²) in [4.78, 5) is 13.6. The second kappa shape index (κ2) is 5.01. The van der Waals surface area contributed by atoms with E-state index in [0.717, 1.165) is 6.54 Å². The van der Waals surface area contributed by atoms with Gasteiger partial charge in [-0.25, -0.2) is 4.79 Å². The van der Waals surface area contributed by atoms with Crippen LogP contribution in [0.4, 0.5) is 4.79 Å². The molecule has 0 radical (unpaired) electrons. The molecule has 5 heteroatoms. The van der Waals surface area contributed by atoms with Crippen molar-refractivity contribution in [3.05, 3.63) is 0 Å². The van der Waals surface area contributed by atoms with Gasteiger partial charge in [-0.15, -0.1) is 0 Å². The van der Waals surface area contributed by atoms with Gasteiger partial charge >= 0.3 is 6.09 Å². The number of aliphatic hydroxyl groups is 1. The third kappa shape index (κ3) is 4.37. The molecule has 94 valence electrons. The van der Waals surface area contributed by atoms with Crippen LogP contribution in [-0.2, 0) is 4.74 Å². The minimum absolute atomic E-state index is 0.242. The summed E-state index contributed by atoms with van der Waals surface area (Å²) in [5.41, 5.74) is -0.504. The predicted molar refractivity (Wildman–Crippen MR) is 61.3 cm³/mol. The molecule has 1 amide bonds. The largest absolute Gasteiger partial charge is 0.444 e. The molecule has 1 fully saturated rings. The highest BCUT2D eigenvalue weighted by Crippen LogP contribution is 2.11. The highest BCUT2D eigenvalue weighted by Gasteiger charge is 2.28. The van der Waals surface area contributed by atoms with Crippen molar-refractivity contribution >= 4 is 6.09 Å². The van der Waals surface area contributed by atoms with Crippen molar-refractivity contribution in [3.8, 4) is 0 Å². The van der Waals surface area contributed by atoms with E-state index in [2.05, 4.69) is 10.2 Å².